The summed E-state index contributed by atoms with van der Waals surface area (Å²) < 4.78 is 22.4. The Labute approximate surface area is 173 Å². The fourth-order valence-electron chi connectivity index (χ4n) is 2.85. The van der Waals surface area contributed by atoms with Gasteiger partial charge >= 0.3 is 0 Å². The van der Waals surface area contributed by atoms with Crippen LogP contribution in [0.15, 0.2) is 36.4 Å². The molecular formula is C22H32ClNO4. The lowest BCUT2D eigenvalue weighted by molar-refractivity contribution is 0.105. The van der Waals surface area contributed by atoms with Gasteiger partial charge in [-0.3, -0.25) is 0 Å². The van der Waals surface area contributed by atoms with Crippen LogP contribution in [0.25, 0.3) is 10.8 Å². The van der Waals surface area contributed by atoms with Gasteiger partial charge in [-0.05, 0) is 42.5 Å². The van der Waals surface area contributed by atoms with Crippen LogP contribution in [0, 0.1) is 0 Å². The van der Waals surface area contributed by atoms with Gasteiger partial charge in [0.25, 0.3) is 0 Å². The van der Waals surface area contributed by atoms with E-state index in [1.54, 1.807) is 0 Å². The zero-order valence-electron chi connectivity index (χ0n) is 16.5. The fourth-order valence-corrected chi connectivity index (χ4v) is 3.04. The number of halogens is 1. The highest BCUT2D eigenvalue weighted by Gasteiger charge is 2.04. The van der Waals surface area contributed by atoms with Crippen LogP contribution >= 0.6 is 11.6 Å². The quantitative estimate of drug-likeness (QED) is 0.246. The molecule has 0 saturated carbocycles. The molecule has 2 rings (SSSR count). The molecule has 2 aromatic carbocycles. The molecule has 6 heteroatoms. The Bertz CT molecular complexity index is 668. The number of rotatable bonds is 16. The molecule has 0 bridgehead atoms. The highest BCUT2D eigenvalue weighted by atomic mass is 35.5. The van der Waals surface area contributed by atoms with Crippen molar-refractivity contribution in [2.24, 2.45) is 5.73 Å². The molecule has 0 amide bonds. The molecule has 156 valence electrons. The Morgan fingerprint density at radius 2 is 1.61 bits per heavy atom. The zero-order valence-corrected chi connectivity index (χ0v) is 17.3. The van der Waals surface area contributed by atoms with Crippen molar-refractivity contribution in [3.8, 4) is 11.5 Å². The molecule has 2 aromatic rings. The second kappa shape index (κ2) is 14.5. The molecule has 0 aliphatic carbocycles. The maximum absolute atomic E-state index is 5.96. The van der Waals surface area contributed by atoms with Crippen LogP contribution in [0.3, 0.4) is 0 Å². The molecule has 5 nitrogen and oxygen atoms in total. The second-order valence-electron chi connectivity index (χ2n) is 6.48. The number of benzene rings is 2. The number of fused-ring (bicyclic) bond motifs is 1. The standard InChI is InChI=1S/C22H32ClNO4/c23-11-3-1-2-4-12-25-13-6-14-28-22-8-5-7-19-17-20(9-10-21(19)22)27-16-15-26-18-24/h5,7-10,17H,1-4,6,11-16,18,24H2. The van der Waals surface area contributed by atoms with Gasteiger partial charge in [0, 0.05) is 30.9 Å². The molecule has 0 aliphatic heterocycles. The van der Waals surface area contributed by atoms with Crippen LogP contribution in [0.1, 0.15) is 32.1 Å². The molecule has 0 aromatic heterocycles. The lowest BCUT2D eigenvalue weighted by atomic mass is 10.1. The molecule has 0 radical (unpaired) electrons. The van der Waals surface area contributed by atoms with E-state index in [9.17, 15) is 0 Å². The van der Waals surface area contributed by atoms with Gasteiger partial charge in [0.1, 0.15) is 18.1 Å². The van der Waals surface area contributed by atoms with E-state index in [4.69, 9.17) is 36.3 Å². The van der Waals surface area contributed by atoms with E-state index < -0.39 is 0 Å². The third-order valence-electron chi connectivity index (χ3n) is 4.29. The summed E-state index contributed by atoms with van der Waals surface area (Å²) in [4.78, 5) is 0. The number of nitrogens with two attached hydrogens (primary N) is 1. The Kier molecular flexibility index (Phi) is 11.8. The second-order valence-corrected chi connectivity index (χ2v) is 6.86. The van der Waals surface area contributed by atoms with E-state index in [0.29, 0.717) is 19.8 Å². The Morgan fingerprint density at radius 3 is 2.46 bits per heavy atom. The monoisotopic (exact) mass is 409 g/mol. The third-order valence-corrected chi connectivity index (χ3v) is 4.56. The maximum Gasteiger partial charge on any atom is 0.127 e. The van der Waals surface area contributed by atoms with Crippen molar-refractivity contribution < 1.29 is 18.9 Å². The zero-order chi connectivity index (χ0) is 19.9. The summed E-state index contributed by atoms with van der Waals surface area (Å²) in [5, 5.41) is 2.16. The molecule has 0 spiro atoms. The predicted molar refractivity (Wildman–Crippen MR) is 115 cm³/mol. The Balaban J connectivity index is 1.69. The molecule has 0 fully saturated rings. The van der Waals surface area contributed by atoms with Crippen LogP contribution in [0.4, 0.5) is 0 Å². The van der Waals surface area contributed by atoms with E-state index in [1.807, 2.05) is 30.3 Å². The van der Waals surface area contributed by atoms with Crippen LogP contribution in [0.2, 0.25) is 0 Å². The lowest BCUT2D eigenvalue weighted by Crippen LogP contribution is -2.11. The van der Waals surface area contributed by atoms with Crippen LogP contribution in [-0.2, 0) is 9.47 Å². The molecule has 28 heavy (non-hydrogen) atoms. The first-order valence-corrected chi connectivity index (χ1v) is 10.6. The summed E-state index contributed by atoms with van der Waals surface area (Å²) in [5.41, 5.74) is 5.29. The smallest absolute Gasteiger partial charge is 0.127 e. The minimum absolute atomic E-state index is 0.210. The number of unbranched alkanes of at least 4 members (excludes halogenated alkanes) is 3. The molecule has 0 atom stereocenters. The van der Waals surface area contributed by atoms with Crippen molar-refractivity contribution in [1.82, 2.24) is 0 Å². The van der Waals surface area contributed by atoms with E-state index in [2.05, 4.69) is 6.07 Å². The number of hydrogen-bond donors (Lipinski definition) is 1. The maximum atomic E-state index is 5.96. The number of ether oxygens (including phenoxy) is 4. The topological polar surface area (TPSA) is 62.9 Å². The van der Waals surface area contributed by atoms with E-state index in [1.165, 1.54) is 12.8 Å². The van der Waals surface area contributed by atoms with E-state index in [0.717, 1.165) is 60.6 Å². The van der Waals surface area contributed by atoms with Crippen molar-refractivity contribution in [3.63, 3.8) is 0 Å². The van der Waals surface area contributed by atoms with Gasteiger partial charge in [0.15, 0.2) is 0 Å². The number of hydrogen-bond acceptors (Lipinski definition) is 5. The van der Waals surface area contributed by atoms with E-state index >= 15 is 0 Å². The Morgan fingerprint density at radius 1 is 0.750 bits per heavy atom. The predicted octanol–water partition coefficient (Wildman–Crippen LogP) is 4.74. The first-order chi connectivity index (χ1) is 13.8. The minimum Gasteiger partial charge on any atom is -0.493 e. The van der Waals surface area contributed by atoms with Crippen molar-refractivity contribution in [2.45, 2.75) is 32.1 Å². The third kappa shape index (κ3) is 8.65. The SMILES string of the molecule is NCOCCOc1ccc2c(OCCCOCCCCCCCl)cccc2c1. The van der Waals surface area contributed by atoms with Gasteiger partial charge in [-0.15, -0.1) is 11.6 Å². The summed E-state index contributed by atoms with van der Waals surface area (Å²) in [7, 11) is 0. The molecule has 0 aliphatic rings. The fraction of sp³-hybridized carbons (Fsp3) is 0.545. The van der Waals surface area contributed by atoms with Crippen molar-refractivity contribution in [1.29, 1.82) is 0 Å². The summed E-state index contributed by atoms with van der Waals surface area (Å²) in [6.07, 6.45) is 5.44. The minimum atomic E-state index is 0.210. The van der Waals surface area contributed by atoms with E-state index in [-0.39, 0.29) is 6.73 Å². The molecule has 2 N–H and O–H groups in total. The molecule has 0 unspecified atom stereocenters. The van der Waals surface area contributed by atoms with Crippen molar-refractivity contribution in [3.05, 3.63) is 36.4 Å². The largest absolute Gasteiger partial charge is 0.493 e. The normalized spacial score (nSPS) is 11.1. The van der Waals surface area contributed by atoms with Crippen molar-refractivity contribution >= 4 is 22.4 Å². The number of alkyl halides is 1. The summed E-state index contributed by atoms with van der Waals surface area (Å²) >= 11 is 5.66. The molecular weight excluding hydrogens is 378 g/mol. The average Bonchev–Trinajstić information content (AvgIpc) is 2.72. The van der Waals surface area contributed by atoms with Crippen LogP contribution < -0.4 is 15.2 Å². The summed E-state index contributed by atoms with van der Waals surface area (Å²) in [5.74, 6) is 2.45. The summed E-state index contributed by atoms with van der Waals surface area (Å²) in [6.45, 7) is 3.35. The highest BCUT2D eigenvalue weighted by Crippen LogP contribution is 2.28. The highest BCUT2D eigenvalue weighted by molar-refractivity contribution is 6.17. The van der Waals surface area contributed by atoms with Gasteiger partial charge in [-0.25, -0.2) is 0 Å². The van der Waals surface area contributed by atoms with Gasteiger partial charge in [-0.1, -0.05) is 25.0 Å². The Hall–Kier alpha value is -1.53. The average molecular weight is 410 g/mol. The first kappa shape index (κ1) is 22.8. The summed E-state index contributed by atoms with van der Waals surface area (Å²) in [6, 6.07) is 12.0. The first-order valence-electron chi connectivity index (χ1n) is 10.0. The van der Waals surface area contributed by atoms with Gasteiger partial charge in [0.05, 0.1) is 19.9 Å². The van der Waals surface area contributed by atoms with Gasteiger partial charge in [0.2, 0.25) is 0 Å². The van der Waals surface area contributed by atoms with Gasteiger partial charge < -0.3 is 24.7 Å². The van der Waals surface area contributed by atoms with Crippen LogP contribution in [-0.4, -0.2) is 45.6 Å². The van der Waals surface area contributed by atoms with Crippen molar-refractivity contribution in [2.75, 3.05) is 45.6 Å². The molecule has 0 saturated heterocycles. The van der Waals surface area contributed by atoms with Crippen LogP contribution in [0.5, 0.6) is 11.5 Å². The lowest BCUT2D eigenvalue weighted by Gasteiger charge is -2.11. The molecule has 0 heterocycles. The van der Waals surface area contributed by atoms with Gasteiger partial charge in [-0.2, -0.15) is 0 Å².